The first-order valence-corrected chi connectivity index (χ1v) is 7.70. The van der Waals surface area contributed by atoms with Crippen molar-refractivity contribution in [3.05, 3.63) is 90.0 Å². The summed E-state index contributed by atoms with van der Waals surface area (Å²) in [4.78, 5) is 2.33. The van der Waals surface area contributed by atoms with Crippen molar-refractivity contribution in [2.45, 2.75) is 6.54 Å². The molecule has 3 aromatic rings. The van der Waals surface area contributed by atoms with Gasteiger partial charge < -0.3 is 0 Å². The Balaban J connectivity index is 1.66. The van der Waals surface area contributed by atoms with Gasteiger partial charge in [-0.05, 0) is 28.9 Å². The Morgan fingerprint density at radius 3 is 2.41 bits per heavy atom. The van der Waals surface area contributed by atoms with Crippen molar-refractivity contribution in [3.63, 3.8) is 0 Å². The van der Waals surface area contributed by atoms with Crippen molar-refractivity contribution in [1.82, 2.24) is 4.90 Å². The average Bonchev–Trinajstić information content (AvgIpc) is 2.56. The molecule has 110 valence electrons. The molecule has 0 aromatic heterocycles. The molecular formula is C21H21N. The van der Waals surface area contributed by atoms with Gasteiger partial charge in [-0.3, -0.25) is 4.90 Å². The SMILES string of the molecule is [13CH3]N(C/C=C/c1ccccc1)Cc1cccc2ccccc12. The Morgan fingerprint density at radius 1 is 0.818 bits per heavy atom. The number of benzene rings is 3. The Hall–Kier alpha value is -2.38. The average molecular weight is 288 g/mol. The summed E-state index contributed by atoms with van der Waals surface area (Å²) < 4.78 is 0. The number of rotatable bonds is 5. The maximum atomic E-state index is 2.33. The first-order valence-electron chi connectivity index (χ1n) is 7.70. The van der Waals surface area contributed by atoms with Gasteiger partial charge in [0.25, 0.3) is 0 Å². The number of likely N-dealkylation sites (N-methyl/N-ethyl adjacent to an activating group) is 1. The third-order valence-corrected chi connectivity index (χ3v) is 3.85. The maximum Gasteiger partial charge on any atom is 0.0240 e. The van der Waals surface area contributed by atoms with E-state index in [0.717, 1.165) is 13.1 Å². The van der Waals surface area contributed by atoms with E-state index in [4.69, 9.17) is 0 Å². The molecule has 0 saturated heterocycles. The zero-order valence-corrected chi connectivity index (χ0v) is 12.9. The van der Waals surface area contributed by atoms with Crippen molar-refractivity contribution < 1.29 is 0 Å². The van der Waals surface area contributed by atoms with E-state index >= 15 is 0 Å². The lowest BCUT2D eigenvalue weighted by Gasteiger charge is -2.16. The van der Waals surface area contributed by atoms with Gasteiger partial charge in [-0.25, -0.2) is 0 Å². The second kappa shape index (κ2) is 7.06. The van der Waals surface area contributed by atoms with Crippen LogP contribution in [0.3, 0.4) is 0 Å². The maximum absolute atomic E-state index is 2.33. The first kappa shape index (κ1) is 14.6. The molecule has 0 atom stereocenters. The van der Waals surface area contributed by atoms with E-state index < -0.39 is 0 Å². The Morgan fingerprint density at radius 2 is 1.55 bits per heavy atom. The predicted molar refractivity (Wildman–Crippen MR) is 95.8 cm³/mol. The van der Waals surface area contributed by atoms with Crippen molar-refractivity contribution in [2.75, 3.05) is 13.6 Å². The lowest BCUT2D eigenvalue weighted by molar-refractivity contribution is 0.365. The van der Waals surface area contributed by atoms with Gasteiger partial charge in [-0.15, -0.1) is 0 Å². The highest BCUT2D eigenvalue weighted by molar-refractivity contribution is 5.85. The molecule has 0 bridgehead atoms. The fourth-order valence-corrected chi connectivity index (χ4v) is 2.72. The number of fused-ring (bicyclic) bond motifs is 1. The van der Waals surface area contributed by atoms with E-state index in [2.05, 4.69) is 90.8 Å². The summed E-state index contributed by atoms with van der Waals surface area (Å²) in [6.45, 7) is 1.90. The van der Waals surface area contributed by atoms with Crippen LogP contribution in [0.1, 0.15) is 11.1 Å². The Bertz CT molecular complexity index is 754. The second-order valence-electron chi connectivity index (χ2n) is 5.65. The fraction of sp³-hybridized carbons (Fsp3) is 0.143. The molecule has 0 saturated carbocycles. The third kappa shape index (κ3) is 3.63. The van der Waals surface area contributed by atoms with E-state index in [9.17, 15) is 0 Å². The summed E-state index contributed by atoms with van der Waals surface area (Å²) in [5, 5.41) is 2.66. The molecule has 0 N–H and O–H groups in total. The molecule has 0 amide bonds. The number of hydrogen-bond acceptors (Lipinski definition) is 1. The minimum atomic E-state index is 0.943. The number of nitrogens with zero attached hydrogens (tertiary/aromatic N) is 1. The summed E-state index contributed by atoms with van der Waals surface area (Å²) >= 11 is 0. The molecular weight excluding hydrogens is 267 g/mol. The summed E-state index contributed by atoms with van der Waals surface area (Å²) in [7, 11) is 2.16. The normalized spacial score (nSPS) is 11.5. The van der Waals surface area contributed by atoms with Crippen LogP contribution >= 0.6 is 0 Å². The van der Waals surface area contributed by atoms with Crippen molar-refractivity contribution in [2.24, 2.45) is 0 Å². The number of hydrogen-bond donors (Lipinski definition) is 0. The van der Waals surface area contributed by atoms with E-state index in [1.165, 1.54) is 21.9 Å². The third-order valence-electron chi connectivity index (χ3n) is 3.85. The predicted octanol–water partition coefficient (Wildman–Crippen LogP) is 4.99. The van der Waals surface area contributed by atoms with Gasteiger partial charge in [-0.1, -0.05) is 84.9 Å². The van der Waals surface area contributed by atoms with E-state index in [0.29, 0.717) is 0 Å². The molecule has 0 aliphatic heterocycles. The summed E-state index contributed by atoms with van der Waals surface area (Å²) in [6.07, 6.45) is 4.40. The minimum absolute atomic E-state index is 0.943. The first-order chi connectivity index (χ1) is 10.8. The molecule has 0 spiro atoms. The smallest absolute Gasteiger partial charge is 0.0240 e. The molecule has 3 rings (SSSR count). The van der Waals surface area contributed by atoms with Crippen LogP contribution in [0.5, 0.6) is 0 Å². The molecule has 3 aromatic carbocycles. The molecule has 0 aliphatic carbocycles. The molecule has 0 heterocycles. The van der Waals surface area contributed by atoms with E-state index in [1.54, 1.807) is 0 Å². The van der Waals surface area contributed by atoms with Crippen LogP contribution in [0, 0.1) is 0 Å². The molecule has 0 radical (unpaired) electrons. The van der Waals surface area contributed by atoms with Gasteiger partial charge in [0.15, 0.2) is 0 Å². The highest BCUT2D eigenvalue weighted by Gasteiger charge is 2.03. The Kier molecular flexibility index (Phi) is 4.67. The van der Waals surface area contributed by atoms with Crippen molar-refractivity contribution in [3.8, 4) is 0 Å². The van der Waals surface area contributed by atoms with Gasteiger partial charge in [0.1, 0.15) is 0 Å². The minimum Gasteiger partial charge on any atom is -0.298 e. The molecule has 22 heavy (non-hydrogen) atoms. The zero-order chi connectivity index (χ0) is 15.2. The standard InChI is InChI=1S/C21H21N/c1-22(16-8-11-18-9-3-2-4-10-18)17-20-14-7-13-19-12-5-6-15-21(19)20/h2-15H,16-17H2,1H3/b11-8+/i1+1. The highest BCUT2D eigenvalue weighted by Crippen LogP contribution is 2.19. The highest BCUT2D eigenvalue weighted by atomic mass is 15.2. The van der Waals surface area contributed by atoms with Crippen LogP contribution in [-0.4, -0.2) is 18.5 Å². The van der Waals surface area contributed by atoms with Crippen LogP contribution in [0.25, 0.3) is 16.8 Å². The van der Waals surface area contributed by atoms with Crippen LogP contribution in [0.2, 0.25) is 0 Å². The van der Waals surface area contributed by atoms with E-state index in [1.807, 2.05) is 6.07 Å². The monoisotopic (exact) mass is 288 g/mol. The molecule has 0 aliphatic rings. The van der Waals surface area contributed by atoms with Gasteiger partial charge >= 0.3 is 0 Å². The molecule has 1 nitrogen and oxygen atoms in total. The molecule has 1 heteroatoms. The lowest BCUT2D eigenvalue weighted by atomic mass is 10.0. The summed E-state index contributed by atoms with van der Waals surface area (Å²) in [5.74, 6) is 0. The van der Waals surface area contributed by atoms with Crippen LogP contribution in [0.4, 0.5) is 0 Å². The quantitative estimate of drug-likeness (QED) is 0.598. The summed E-state index contributed by atoms with van der Waals surface area (Å²) in [6, 6.07) is 25.6. The van der Waals surface area contributed by atoms with Gasteiger partial charge in [-0.2, -0.15) is 0 Å². The van der Waals surface area contributed by atoms with Crippen LogP contribution < -0.4 is 0 Å². The lowest BCUT2D eigenvalue weighted by Crippen LogP contribution is -2.17. The van der Waals surface area contributed by atoms with Gasteiger partial charge in [0.05, 0.1) is 0 Å². The summed E-state index contributed by atoms with van der Waals surface area (Å²) in [5.41, 5.74) is 2.63. The van der Waals surface area contributed by atoms with Crippen LogP contribution in [-0.2, 0) is 6.54 Å². The van der Waals surface area contributed by atoms with Gasteiger partial charge in [0.2, 0.25) is 0 Å². The van der Waals surface area contributed by atoms with Crippen molar-refractivity contribution >= 4 is 16.8 Å². The largest absolute Gasteiger partial charge is 0.298 e. The second-order valence-corrected chi connectivity index (χ2v) is 5.65. The zero-order valence-electron chi connectivity index (χ0n) is 12.9. The fourth-order valence-electron chi connectivity index (χ4n) is 2.72. The molecule has 0 fully saturated rings. The van der Waals surface area contributed by atoms with Crippen LogP contribution in [0.15, 0.2) is 78.9 Å². The van der Waals surface area contributed by atoms with E-state index in [-0.39, 0.29) is 0 Å². The topological polar surface area (TPSA) is 3.24 Å². The Labute approximate surface area is 132 Å². The van der Waals surface area contributed by atoms with Gasteiger partial charge in [0, 0.05) is 13.1 Å². The van der Waals surface area contributed by atoms with Crippen molar-refractivity contribution in [1.29, 1.82) is 0 Å². The molecule has 0 unspecified atom stereocenters.